The maximum absolute atomic E-state index is 12.2. The van der Waals surface area contributed by atoms with E-state index in [4.69, 9.17) is 21.2 Å². The number of hydrogen-bond donors (Lipinski definition) is 3. The second-order valence-corrected chi connectivity index (χ2v) is 7.50. The second kappa shape index (κ2) is 7.44. The zero-order valence-electron chi connectivity index (χ0n) is 16.5. The molecule has 5 N–H and O–H groups in total. The number of rotatable bonds is 4. The molecule has 0 saturated carbocycles. The molecule has 4 aromatic rings. The van der Waals surface area contributed by atoms with Crippen LogP contribution in [-0.4, -0.2) is 42.2 Å². The monoisotopic (exact) mass is 401 g/mol. The van der Waals surface area contributed by atoms with Crippen LogP contribution in [0.2, 0.25) is 0 Å². The van der Waals surface area contributed by atoms with E-state index in [9.17, 15) is 4.79 Å². The predicted molar refractivity (Wildman–Crippen MR) is 118 cm³/mol. The lowest BCUT2D eigenvalue weighted by molar-refractivity contribution is 0.100. The van der Waals surface area contributed by atoms with Crippen LogP contribution in [0.4, 0.5) is 5.69 Å². The molecule has 1 saturated heterocycles. The third-order valence-electron chi connectivity index (χ3n) is 5.64. The molecule has 152 valence electrons. The van der Waals surface area contributed by atoms with Crippen LogP contribution in [0.3, 0.4) is 0 Å². The Morgan fingerprint density at radius 2 is 1.97 bits per heavy atom. The van der Waals surface area contributed by atoms with Gasteiger partial charge in [-0.3, -0.25) is 4.79 Å². The Kier molecular flexibility index (Phi) is 4.61. The number of ether oxygens (including phenoxy) is 1. The Morgan fingerprint density at radius 1 is 1.13 bits per heavy atom. The molecule has 1 amide bonds. The van der Waals surface area contributed by atoms with Crippen molar-refractivity contribution in [3.8, 4) is 11.3 Å². The number of carbonyl (C=O) groups excluding carboxylic acids is 1. The van der Waals surface area contributed by atoms with Gasteiger partial charge in [-0.25, -0.2) is 4.98 Å². The highest BCUT2D eigenvalue weighted by Gasteiger charge is 2.18. The Balaban J connectivity index is 1.69. The van der Waals surface area contributed by atoms with E-state index in [1.54, 1.807) is 6.07 Å². The molecule has 2 aromatic heterocycles. The van der Waals surface area contributed by atoms with Gasteiger partial charge in [0.05, 0.1) is 41.0 Å². The summed E-state index contributed by atoms with van der Waals surface area (Å²) >= 11 is 0. The smallest absolute Gasteiger partial charge is 0.250 e. The van der Waals surface area contributed by atoms with Crippen LogP contribution in [0.15, 0.2) is 48.5 Å². The van der Waals surface area contributed by atoms with Gasteiger partial charge in [-0.05, 0) is 35.9 Å². The summed E-state index contributed by atoms with van der Waals surface area (Å²) in [5.74, 6) is -0.487. The van der Waals surface area contributed by atoms with Crippen molar-refractivity contribution < 1.29 is 9.53 Å². The molecule has 7 nitrogen and oxygen atoms in total. The molecule has 0 radical (unpaired) electrons. The predicted octanol–water partition coefficient (Wildman–Crippen LogP) is 2.78. The Labute approximate surface area is 173 Å². The summed E-state index contributed by atoms with van der Waals surface area (Å²) in [6.07, 6.45) is 0. The van der Waals surface area contributed by atoms with Crippen LogP contribution in [0.5, 0.6) is 0 Å². The Hall–Kier alpha value is -3.42. The highest BCUT2D eigenvalue weighted by Crippen LogP contribution is 2.32. The van der Waals surface area contributed by atoms with Crippen LogP contribution in [0, 0.1) is 0 Å². The summed E-state index contributed by atoms with van der Waals surface area (Å²) in [5.41, 5.74) is 18.0. The maximum atomic E-state index is 12.2. The number of H-pyrrole nitrogens is 1. The van der Waals surface area contributed by atoms with Gasteiger partial charge in [0.1, 0.15) is 0 Å². The van der Waals surface area contributed by atoms with Gasteiger partial charge in [-0.15, -0.1) is 0 Å². The van der Waals surface area contributed by atoms with Gasteiger partial charge >= 0.3 is 0 Å². The quantitative estimate of drug-likeness (QED) is 0.487. The first-order valence-electron chi connectivity index (χ1n) is 10.0. The van der Waals surface area contributed by atoms with Crippen molar-refractivity contribution in [1.29, 1.82) is 0 Å². The molecule has 7 heteroatoms. The van der Waals surface area contributed by atoms with E-state index in [-0.39, 0.29) is 0 Å². The van der Waals surface area contributed by atoms with Gasteiger partial charge in [-0.1, -0.05) is 18.2 Å². The minimum atomic E-state index is -0.487. The number of nitrogens with zero attached hydrogens (tertiary/aromatic N) is 2. The van der Waals surface area contributed by atoms with Crippen molar-refractivity contribution in [3.63, 3.8) is 0 Å². The van der Waals surface area contributed by atoms with E-state index in [0.29, 0.717) is 23.3 Å². The number of hydrogen-bond acceptors (Lipinski definition) is 5. The lowest BCUT2D eigenvalue weighted by Gasteiger charge is -2.28. The molecule has 0 spiro atoms. The fraction of sp³-hybridized carbons (Fsp3) is 0.217. The molecule has 3 heterocycles. The highest BCUT2D eigenvalue weighted by atomic mass is 16.5. The summed E-state index contributed by atoms with van der Waals surface area (Å²) < 4.78 is 5.45. The summed E-state index contributed by atoms with van der Waals surface area (Å²) in [4.78, 5) is 22.8. The number of nitrogens with two attached hydrogens (primary N) is 2. The van der Waals surface area contributed by atoms with E-state index in [0.717, 1.165) is 59.5 Å². The van der Waals surface area contributed by atoms with Crippen LogP contribution in [0.1, 0.15) is 15.9 Å². The molecule has 30 heavy (non-hydrogen) atoms. The molecule has 1 fully saturated rings. The highest BCUT2D eigenvalue weighted by molar-refractivity contribution is 6.14. The second-order valence-electron chi connectivity index (χ2n) is 7.50. The van der Waals surface area contributed by atoms with Gasteiger partial charge in [0.15, 0.2) is 0 Å². The van der Waals surface area contributed by atoms with Crippen molar-refractivity contribution in [3.05, 3.63) is 59.7 Å². The molecular formula is C23H23N5O2. The van der Waals surface area contributed by atoms with Crippen molar-refractivity contribution in [2.24, 2.45) is 11.5 Å². The Morgan fingerprint density at radius 3 is 2.73 bits per heavy atom. The topological polar surface area (TPSA) is 110 Å². The number of morpholine rings is 1. The standard InChI is InChI=1S/C23H23N5O2/c24-13-14-2-1-3-15(10-14)19-12-18(23(25)29)22-21(26-19)17-5-4-16(11-20(17)27-22)28-6-8-30-9-7-28/h1-5,10-12,27H,6-9,13,24H2,(H2,25,29). The number of amides is 1. The number of pyridine rings is 1. The molecule has 1 aliphatic heterocycles. The Bertz CT molecular complexity index is 1260. The number of fused-ring (bicyclic) bond motifs is 3. The zero-order chi connectivity index (χ0) is 20.7. The molecule has 1 aliphatic rings. The minimum absolute atomic E-state index is 0.428. The van der Waals surface area contributed by atoms with Gasteiger partial charge in [0, 0.05) is 36.3 Å². The number of aromatic nitrogens is 2. The van der Waals surface area contributed by atoms with Gasteiger partial charge < -0.3 is 26.1 Å². The maximum Gasteiger partial charge on any atom is 0.250 e. The first kappa shape index (κ1) is 18.6. The first-order valence-corrected chi connectivity index (χ1v) is 10.0. The third-order valence-corrected chi connectivity index (χ3v) is 5.64. The molecule has 0 atom stereocenters. The van der Waals surface area contributed by atoms with Crippen molar-refractivity contribution in [2.45, 2.75) is 6.54 Å². The van der Waals surface area contributed by atoms with Crippen molar-refractivity contribution >= 4 is 33.5 Å². The van der Waals surface area contributed by atoms with Crippen LogP contribution in [-0.2, 0) is 11.3 Å². The van der Waals surface area contributed by atoms with Crippen molar-refractivity contribution in [2.75, 3.05) is 31.2 Å². The number of primary amides is 1. The van der Waals surface area contributed by atoms with Gasteiger partial charge in [0.2, 0.25) is 0 Å². The van der Waals surface area contributed by atoms with Gasteiger partial charge in [-0.2, -0.15) is 0 Å². The molecule has 2 aromatic carbocycles. The average molecular weight is 401 g/mol. The lowest BCUT2D eigenvalue weighted by Crippen LogP contribution is -2.36. The van der Waals surface area contributed by atoms with E-state index >= 15 is 0 Å². The van der Waals surface area contributed by atoms with E-state index in [1.165, 1.54) is 0 Å². The average Bonchev–Trinajstić information content (AvgIpc) is 3.16. The normalized spacial score (nSPS) is 14.5. The summed E-state index contributed by atoms with van der Waals surface area (Å²) in [6, 6.07) is 15.9. The molecule has 0 aliphatic carbocycles. The molecule has 5 rings (SSSR count). The van der Waals surface area contributed by atoms with Crippen LogP contribution >= 0.6 is 0 Å². The SMILES string of the molecule is NCc1cccc(-c2cc(C(N)=O)c3[nH]c4cc(N5CCOCC5)ccc4c3n2)c1. The lowest BCUT2D eigenvalue weighted by atomic mass is 10.0. The van der Waals surface area contributed by atoms with Gasteiger partial charge in [0.25, 0.3) is 5.91 Å². The molecule has 0 bridgehead atoms. The third kappa shape index (κ3) is 3.18. The summed E-state index contributed by atoms with van der Waals surface area (Å²) in [7, 11) is 0. The fourth-order valence-electron chi connectivity index (χ4n) is 4.06. The number of nitrogens with one attached hydrogen (secondary N) is 1. The number of anilines is 1. The molecule has 0 unspecified atom stereocenters. The largest absolute Gasteiger partial charge is 0.378 e. The van der Waals surface area contributed by atoms with Crippen LogP contribution < -0.4 is 16.4 Å². The zero-order valence-corrected chi connectivity index (χ0v) is 16.5. The van der Waals surface area contributed by atoms with E-state index in [2.05, 4.69) is 28.1 Å². The fourth-order valence-corrected chi connectivity index (χ4v) is 4.06. The number of aromatic amines is 1. The number of carbonyl (C=O) groups is 1. The summed E-state index contributed by atoms with van der Waals surface area (Å²) in [6.45, 7) is 3.61. The van der Waals surface area contributed by atoms with E-state index < -0.39 is 5.91 Å². The van der Waals surface area contributed by atoms with Crippen molar-refractivity contribution in [1.82, 2.24) is 9.97 Å². The molecular weight excluding hydrogens is 378 g/mol. The minimum Gasteiger partial charge on any atom is -0.378 e. The number of benzene rings is 2. The first-order chi connectivity index (χ1) is 14.6. The van der Waals surface area contributed by atoms with E-state index in [1.807, 2.05) is 24.3 Å². The summed E-state index contributed by atoms with van der Waals surface area (Å²) in [5, 5.41) is 0.960. The van der Waals surface area contributed by atoms with Crippen LogP contribution in [0.25, 0.3) is 33.2 Å².